The summed E-state index contributed by atoms with van der Waals surface area (Å²) in [5, 5.41) is 7.90. The molecule has 10 aromatic rings. The molecule has 5 aromatic carbocycles. The molecule has 0 aliphatic heterocycles. The van der Waals surface area contributed by atoms with Crippen molar-refractivity contribution in [2.45, 2.75) is 0 Å². The van der Waals surface area contributed by atoms with E-state index in [4.69, 9.17) is 9.97 Å². The van der Waals surface area contributed by atoms with Crippen LogP contribution in [0.1, 0.15) is 0 Å². The van der Waals surface area contributed by atoms with Gasteiger partial charge in [-0.2, -0.15) is 0 Å². The number of aromatic amines is 1. The predicted octanol–water partition coefficient (Wildman–Crippen LogP) is 10.4. The van der Waals surface area contributed by atoms with E-state index in [9.17, 15) is 0 Å². The third-order valence-electron chi connectivity index (χ3n) is 9.08. The summed E-state index contributed by atoms with van der Waals surface area (Å²) in [7, 11) is 0. The zero-order chi connectivity index (χ0) is 28.8. The second-order valence-electron chi connectivity index (χ2n) is 11.5. The minimum atomic E-state index is 0.932. The molecule has 5 aromatic heterocycles. The number of hydrogen-bond acceptors (Lipinski definition) is 2. The molecule has 10 rings (SSSR count). The Hall–Kier alpha value is -6.00. The first-order valence-corrected chi connectivity index (χ1v) is 14.9. The van der Waals surface area contributed by atoms with Gasteiger partial charge in [-0.3, -0.25) is 4.40 Å². The number of H-pyrrole nitrogens is 1. The van der Waals surface area contributed by atoms with E-state index in [1.54, 1.807) is 0 Å². The highest BCUT2D eigenvalue weighted by Gasteiger charge is 2.14. The highest BCUT2D eigenvalue weighted by Crippen LogP contribution is 2.36. The van der Waals surface area contributed by atoms with E-state index in [0.717, 1.165) is 76.9 Å². The Labute approximate surface area is 251 Å². The highest BCUT2D eigenvalue weighted by atomic mass is 15.0. The van der Waals surface area contributed by atoms with Crippen molar-refractivity contribution in [3.8, 4) is 11.1 Å². The molecule has 4 heteroatoms. The number of fused-ring (bicyclic) bond motifs is 13. The van der Waals surface area contributed by atoms with Gasteiger partial charge < -0.3 is 4.98 Å². The number of rotatable bonds is 1. The smallest absolute Gasteiger partial charge is 0.146 e. The van der Waals surface area contributed by atoms with Crippen LogP contribution >= 0.6 is 0 Å². The minimum absolute atomic E-state index is 0.932. The van der Waals surface area contributed by atoms with E-state index in [0.29, 0.717) is 0 Å². The van der Waals surface area contributed by atoms with Crippen LogP contribution in [-0.4, -0.2) is 19.4 Å². The SMILES string of the molecule is c1ccc(-c2cc3nc(c2)c2cccc4c5cccc(c6ccc7c8ccccc8n(c8cccc3c8)c7n6)c5[nH]c24)cc1. The first-order valence-electron chi connectivity index (χ1n) is 14.9. The van der Waals surface area contributed by atoms with Crippen molar-refractivity contribution < 1.29 is 0 Å². The van der Waals surface area contributed by atoms with Gasteiger partial charge in [-0.1, -0.05) is 97.1 Å². The zero-order valence-electron chi connectivity index (χ0n) is 23.6. The average molecular weight is 561 g/mol. The Morgan fingerprint density at radius 3 is 1.95 bits per heavy atom. The molecule has 5 heterocycles. The standard InChI is InChI=1S/C40H24N4/c1-2-9-24(10-3-1)26-22-35-25-11-6-12-27(21-25)44-37-18-5-4-13-28(37)31-19-20-34(42-40(31)44)32-16-7-14-29-30-15-8-17-33(36(23-26)41-35)39(30)43-38(29)32/h1-23,43H. The molecule has 0 radical (unpaired) electrons. The van der Waals surface area contributed by atoms with Gasteiger partial charge in [0.15, 0.2) is 0 Å². The van der Waals surface area contributed by atoms with Gasteiger partial charge >= 0.3 is 0 Å². The van der Waals surface area contributed by atoms with Crippen LogP contribution in [0.15, 0.2) is 140 Å². The van der Waals surface area contributed by atoms with E-state index >= 15 is 0 Å². The molecule has 1 N–H and O–H groups in total. The van der Waals surface area contributed by atoms with Gasteiger partial charge in [0.05, 0.1) is 33.1 Å². The Morgan fingerprint density at radius 2 is 1.11 bits per heavy atom. The second-order valence-corrected chi connectivity index (χ2v) is 11.5. The van der Waals surface area contributed by atoms with Crippen molar-refractivity contribution >= 4 is 82.0 Å². The lowest BCUT2D eigenvalue weighted by Gasteiger charge is -2.06. The fourth-order valence-electron chi connectivity index (χ4n) is 7.04. The van der Waals surface area contributed by atoms with Crippen LogP contribution in [0.4, 0.5) is 0 Å². The van der Waals surface area contributed by atoms with Crippen LogP contribution in [0.25, 0.3) is 93.1 Å². The van der Waals surface area contributed by atoms with Crippen LogP contribution in [0.5, 0.6) is 0 Å². The molecule has 0 saturated heterocycles. The highest BCUT2D eigenvalue weighted by molar-refractivity contribution is 6.21. The number of para-hydroxylation sites is 3. The summed E-state index contributed by atoms with van der Waals surface area (Å²) in [6, 6.07) is 49.7. The number of hydrogen-bond donors (Lipinski definition) is 1. The Bertz CT molecular complexity index is 2820. The van der Waals surface area contributed by atoms with Gasteiger partial charge in [-0.25, -0.2) is 9.97 Å². The van der Waals surface area contributed by atoms with E-state index in [1.807, 2.05) is 0 Å². The fraction of sp³-hybridized carbons (Fsp3) is 0. The number of nitrogens with one attached hydrogen (secondary N) is 1. The molecule has 0 aliphatic carbocycles. The van der Waals surface area contributed by atoms with Crippen molar-refractivity contribution in [1.82, 2.24) is 19.4 Å². The van der Waals surface area contributed by atoms with Crippen molar-refractivity contribution in [2.75, 3.05) is 0 Å². The van der Waals surface area contributed by atoms with Gasteiger partial charge in [-0.05, 0) is 53.6 Å². The molecule has 0 saturated carbocycles. The van der Waals surface area contributed by atoms with E-state index < -0.39 is 0 Å². The number of aromatic nitrogens is 4. The summed E-state index contributed by atoms with van der Waals surface area (Å²) in [4.78, 5) is 14.6. The summed E-state index contributed by atoms with van der Waals surface area (Å²) in [5.41, 5.74) is 10.4. The summed E-state index contributed by atoms with van der Waals surface area (Å²) >= 11 is 0. The molecule has 0 amide bonds. The van der Waals surface area contributed by atoms with E-state index in [2.05, 4.69) is 149 Å². The van der Waals surface area contributed by atoms with Crippen molar-refractivity contribution in [2.24, 2.45) is 0 Å². The molecule has 0 aliphatic rings. The molecule has 8 bridgehead atoms. The van der Waals surface area contributed by atoms with Crippen LogP contribution in [0.3, 0.4) is 0 Å². The fourth-order valence-corrected chi connectivity index (χ4v) is 7.04. The Morgan fingerprint density at radius 1 is 0.432 bits per heavy atom. The van der Waals surface area contributed by atoms with Gasteiger partial charge in [0.2, 0.25) is 0 Å². The molecule has 204 valence electrons. The lowest BCUT2D eigenvalue weighted by atomic mass is 10.0. The molecule has 0 fully saturated rings. The predicted molar refractivity (Wildman–Crippen MR) is 184 cm³/mol. The molecule has 0 atom stereocenters. The monoisotopic (exact) mass is 560 g/mol. The maximum atomic E-state index is 5.38. The number of nitrogens with zero attached hydrogens (tertiary/aromatic N) is 3. The molecule has 0 unspecified atom stereocenters. The van der Waals surface area contributed by atoms with E-state index in [-0.39, 0.29) is 0 Å². The van der Waals surface area contributed by atoms with Gasteiger partial charge in [0.1, 0.15) is 5.65 Å². The molecule has 44 heavy (non-hydrogen) atoms. The topological polar surface area (TPSA) is 46.0 Å². The van der Waals surface area contributed by atoms with Crippen LogP contribution in [-0.2, 0) is 0 Å². The average Bonchev–Trinajstić information content (AvgIpc) is 3.64. The third kappa shape index (κ3) is 3.28. The Kier molecular flexibility index (Phi) is 4.69. The summed E-state index contributed by atoms with van der Waals surface area (Å²) in [6.45, 7) is 0. The maximum absolute atomic E-state index is 5.38. The summed E-state index contributed by atoms with van der Waals surface area (Å²) in [6.07, 6.45) is 0. The van der Waals surface area contributed by atoms with Crippen LogP contribution in [0, 0.1) is 0 Å². The third-order valence-corrected chi connectivity index (χ3v) is 9.08. The minimum Gasteiger partial charge on any atom is -0.353 e. The number of pyridine rings is 2. The molecular formula is C40H24N4. The van der Waals surface area contributed by atoms with Gasteiger partial charge in [-0.15, -0.1) is 0 Å². The van der Waals surface area contributed by atoms with Gasteiger partial charge in [0, 0.05) is 43.2 Å². The lowest BCUT2D eigenvalue weighted by Crippen LogP contribution is -1.88. The van der Waals surface area contributed by atoms with Crippen molar-refractivity contribution in [3.63, 3.8) is 0 Å². The van der Waals surface area contributed by atoms with Gasteiger partial charge in [0.25, 0.3) is 0 Å². The first-order chi connectivity index (χ1) is 21.8. The van der Waals surface area contributed by atoms with Crippen molar-refractivity contribution in [1.29, 1.82) is 0 Å². The summed E-state index contributed by atoms with van der Waals surface area (Å²) in [5.74, 6) is 0. The van der Waals surface area contributed by atoms with Crippen LogP contribution in [0.2, 0.25) is 0 Å². The Balaban J connectivity index is 1.53. The molecule has 0 spiro atoms. The van der Waals surface area contributed by atoms with Crippen LogP contribution < -0.4 is 0 Å². The zero-order valence-corrected chi connectivity index (χ0v) is 23.6. The first kappa shape index (κ1) is 23.6. The largest absolute Gasteiger partial charge is 0.353 e. The maximum Gasteiger partial charge on any atom is 0.146 e. The normalized spacial score (nSPS) is 12.1. The summed E-state index contributed by atoms with van der Waals surface area (Å²) < 4.78 is 2.29. The number of benzene rings is 5. The lowest BCUT2D eigenvalue weighted by molar-refractivity contribution is 1.27. The van der Waals surface area contributed by atoms with Crippen molar-refractivity contribution in [3.05, 3.63) is 140 Å². The van der Waals surface area contributed by atoms with E-state index in [1.165, 1.54) is 16.2 Å². The molecular weight excluding hydrogens is 536 g/mol. The molecule has 4 nitrogen and oxygen atoms in total. The quantitative estimate of drug-likeness (QED) is 0.217. The second kappa shape index (κ2) is 8.76.